The van der Waals surface area contributed by atoms with E-state index in [2.05, 4.69) is 15.3 Å². The number of hydrogen-bond acceptors (Lipinski definition) is 9. The largest absolute Gasteiger partial charge is 0.496 e. The minimum Gasteiger partial charge on any atom is -0.496 e. The Morgan fingerprint density at radius 1 is 0.971 bits per heavy atom. The van der Waals surface area contributed by atoms with E-state index in [4.69, 9.17) is 18.9 Å². The number of amides is 1. The second-order valence-corrected chi connectivity index (χ2v) is 8.49. The van der Waals surface area contributed by atoms with Gasteiger partial charge in [-0.1, -0.05) is 0 Å². The molecule has 0 bridgehead atoms. The fourth-order valence-corrected chi connectivity index (χ4v) is 4.44. The standard InChI is InChI=1S/C24H25N3O7S/c1-15(28)34-13-17-10-16(7-9-25-17)27-23(29)19-6-5-8-26-24(19)35(30)14-20-21(32-3)11-18(31-2)12-22(20)33-4/h5-12H,13-14H2,1-4H3,(H,25,27,29). The fraction of sp³-hybridized carbons (Fsp3) is 0.250. The first-order chi connectivity index (χ1) is 16.9. The summed E-state index contributed by atoms with van der Waals surface area (Å²) in [6, 6.07) is 9.63. The molecule has 1 N–H and O–H groups in total. The Morgan fingerprint density at radius 2 is 1.69 bits per heavy atom. The average molecular weight is 500 g/mol. The number of methoxy groups -OCH3 is 3. The lowest BCUT2D eigenvalue weighted by Crippen LogP contribution is -2.17. The van der Waals surface area contributed by atoms with Crippen LogP contribution in [0.25, 0.3) is 0 Å². The molecule has 3 rings (SSSR count). The quantitative estimate of drug-likeness (QED) is 0.419. The molecule has 1 unspecified atom stereocenters. The van der Waals surface area contributed by atoms with Crippen LogP contribution in [0.3, 0.4) is 0 Å². The van der Waals surface area contributed by atoms with Gasteiger partial charge in [-0.15, -0.1) is 0 Å². The van der Waals surface area contributed by atoms with E-state index in [1.54, 1.807) is 36.4 Å². The minimum atomic E-state index is -1.71. The topological polar surface area (TPSA) is 126 Å². The summed E-state index contributed by atoms with van der Waals surface area (Å²) in [7, 11) is 2.79. The number of carbonyl (C=O) groups excluding carboxylic acids is 2. The maximum absolute atomic E-state index is 13.4. The highest BCUT2D eigenvalue weighted by Crippen LogP contribution is 2.35. The van der Waals surface area contributed by atoms with Gasteiger partial charge in [0, 0.05) is 42.7 Å². The van der Waals surface area contributed by atoms with Crippen molar-refractivity contribution < 1.29 is 32.7 Å². The summed E-state index contributed by atoms with van der Waals surface area (Å²) >= 11 is 0. The Labute approximate surface area is 205 Å². The summed E-state index contributed by atoms with van der Waals surface area (Å²) in [6.07, 6.45) is 2.95. The van der Waals surface area contributed by atoms with Gasteiger partial charge in [0.05, 0.1) is 49.1 Å². The molecule has 2 aromatic heterocycles. The molecule has 0 saturated carbocycles. The second kappa shape index (κ2) is 11.9. The lowest BCUT2D eigenvalue weighted by molar-refractivity contribution is -0.142. The third kappa shape index (κ3) is 6.54. The van der Waals surface area contributed by atoms with E-state index < -0.39 is 22.7 Å². The molecule has 0 aliphatic heterocycles. The highest BCUT2D eigenvalue weighted by Gasteiger charge is 2.22. The van der Waals surface area contributed by atoms with E-state index in [0.717, 1.165) is 0 Å². The summed E-state index contributed by atoms with van der Waals surface area (Å²) in [5, 5.41) is 2.86. The van der Waals surface area contributed by atoms with Gasteiger partial charge < -0.3 is 24.3 Å². The van der Waals surface area contributed by atoms with Crippen molar-refractivity contribution in [3.8, 4) is 17.2 Å². The van der Waals surface area contributed by atoms with Crippen molar-refractivity contribution in [2.45, 2.75) is 24.3 Å². The zero-order valence-electron chi connectivity index (χ0n) is 19.7. The van der Waals surface area contributed by atoms with Crippen molar-refractivity contribution in [2.75, 3.05) is 26.6 Å². The molecule has 0 saturated heterocycles. The molecule has 0 aliphatic carbocycles. The number of benzene rings is 1. The number of aromatic nitrogens is 2. The molecular weight excluding hydrogens is 474 g/mol. The first-order valence-electron chi connectivity index (χ1n) is 10.4. The van der Waals surface area contributed by atoms with E-state index in [-0.39, 0.29) is 22.9 Å². The Balaban J connectivity index is 1.85. The molecule has 0 fully saturated rings. The van der Waals surface area contributed by atoms with Crippen LogP contribution < -0.4 is 19.5 Å². The van der Waals surface area contributed by atoms with Crippen molar-refractivity contribution in [3.05, 3.63) is 65.6 Å². The third-order valence-corrected chi connectivity index (χ3v) is 6.13. The molecule has 10 nitrogen and oxygen atoms in total. The highest BCUT2D eigenvalue weighted by molar-refractivity contribution is 7.84. The van der Waals surface area contributed by atoms with Gasteiger partial charge in [0.2, 0.25) is 0 Å². The number of anilines is 1. The van der Waals surface area contributed by atoms with Crippen LogP contribution in [0.5, 0.6) is 17.2 Å². The van der Waals surface area contributed by atoms with E-state index >= 15 is 0 Å². The average Bonchev–Trinajstić information content (AvgIpc) is 2.87. The maximum Gasteiger partial charge on any atom is 0.303 e. The number of nitrogens with zero attached hydrogens (tertiary/aromatic N) is 2. The Bertz CT molecular complexity index is 1220. The Hall–Kier alpha value is -3.99. The zero-order chi connectivity index (χ0) is 25.4. The third-order valence-electron chi connectivity index (χ3n) is 4.82. The lowest BCUT2D eigenvalue weighted by atomic mass is 10.2. The van der Waals surface area contributed by atoms with Crippen LogP contribution in [-0.2, 0) is 32.7 Å². The van der Waals surface area contributed by atoms with Gasteiger partial charge in [-0.2, -0.15) is 0 Å². The maximum atomic E-state index is 13.4. The van der Waals surface area contributed by atoms with Gasteiger partial charge in [0.1, 0.15) is 28.9 Å². The molecule has 2 heterocycles. The number of hydrogen-bond donors (Lipinski definition) is 1. The molecule has 1 aromatic carbocycles. The Morgan fingerprint density at radius 3 is 2.31 bits per heavy atom. The SMILES string of the molecule is COc1cc(OC)c(CS(=O)c2ncccc2C(=O)Nc2ccnc(COC(C)=O)c2)c(OC)c1. The van der Waals surface area contributed by atoms with E-state index in [1.807, 2.05) is 0 Å². The summed E-state index contributed by atoms with van der Waals surface area (Å²) in [6.45, 7) is 1.28. The first-order valence-corrected chi connectivity index (χ1v) is 11.7. The van der Waals surface area contributed by atoms with Gasteiger partial charge in [0.25, 0.3) is 5.91 Å². The van der Waals surface area contributed by atoms with Gasteiger partial charge >= 0.3 is 5.97 Å². The van der Waals surface area contributed by atoms with Crippen molar-refractivity contribution in [1.29, 1.82) is 0 Å². The summed E-state index contributed by atoms with van der Waals surface area (Å²) in [5.41, 5.74) is 1.60. The molecular formula is C24H25N3O7S. The summed E-state index contributed by atoms with van der Waals surface area (Å²) in [5.74, 6) is 0.461. The fourth-order valence-electron chi connectivity index (χ4n) is 3.17. The van der Waals surface area contributed by atoms with Crippen molar-refractivity contribution in [2.24, 2.45) is 0 Å². The van der Waals surface area contributed by atoms with Gasteiger partial charge in [0.15, 0.2) is 0 Å². The van der Waals surface area contributed by atoms with Crippen LogP contribution in [0.15, 0.2) is 53.8 Å². The number of esters is 1. The molecule has 1 atom stereocenters. The first kappa shape index (κ1) is 25.6. The lowest BCUT2D eigenvalue weighted by Gasteiger charge is -2.15. The van der Waals surface area contributed by atoms with Crippen LogP contribution >= 0.6 is 0 Å². The van der Waals surface area contributed by atoms with Gasteiger partial charge in [-0.05, 0) is 24.3 Å². The molecule has 0 aliphatic rings. The molecule has 1 amide bonds. The second-order valence-electron chi connectivity index (χ2n) is 7.13. The molecule has 11 heteroatoms. The smallest absolute Gasteiger partial charge is 0.303 e. The predicted molar refractivity (Wildman–Crippen MR) is 128 cm³/mol. The normalized spacial score (nSPS) is 11.3. The molecule has 0 radical (unpaired) electrons. The molecule has 184 valence electrons. The van der Waals surface area contributed by atoms with Crippen molar-refractivity contribution >= 4 is 28.4 Å². The molecule has 0 spiro atoms. The zero-order valence-corrected chi connectivity index (χ0v) is 20.5. The predicted octanol–water partition coefficient (Wildman–Crippen LogP) is 3.13. The van der Waals surface area contributed by atoms with Crippen LogP contribution in [0.4, 0.5) is 5.69 Å². The summed E-state index contributed by atoms with van der Waals surface area (Å²) < 4.78 is 34.4. The number of nitrogens with one attached hydrogen (secondary N) is 1. The number of ether oxygens (including phenoxy) is 4. The van der Waals surface area contributed by atoms with E-state index in [9.17, 15) is 13.8 Å². The van der Waals surface area contributed by atoms with Crippen molar-refractivity contribution in [3.63, 3.8) is 0 Å². The van der Waals surface area contributed by atoms with Gasteiger partial charge in [-0.25, -0.2) is 4.98 Å². The molecule has 3 aromatic rings. The summed E-state index contributed by atoms with van der Waals surface area (Å²) in [4.78, 5) is 32.4. The number of rotatable bonds is 10. The monoisotopic (exact) mass is 499 g/mol. The van der Waals surface area contributed by atoms with E-state index in [1.165, 1.54) is 40.6 Å². The van der Waals surface area contributed by atoms with Crippen LogP contribution in [0.1, 0.15) is 28.5 Å². The van der Waals surface area contributed by atoms with Crippen molar-refractivity contribution in [1.82, 2.24) is 9.97 Å². The minimum absolute atomic E-state index is 0.00454. The molecule has 35 heavy (non-hydrogen) atoms. The van der Waals surface area contributed by atoms with Crippen LogP contribution in [0, 0.1) is 0 Å². The number of carbonyl (C=O) groups is 2. The number of pyridine rings is 2. The van der Waals surface area contributed by atoms with E-state index in [0.29, 0.717) is 34.2 Å². The Kier molecular flexibility index (Phi) is 8.74. The van der Waals surface area contributed by atoms with Crippen LogP contribution in [-0.4, -0.2) is 47.4 Å². The van der Waals surface area contributed by atoms with Crippen LogP contribution in [0.2, 0.25) is 0 Å². The highest BCUT2D eigenvalue weighted by atomic mass is 32.2. The van der Waals surface area contributed by atoms with Gasteiger partial charge in [-0.3, -0.25) is 18.8 Å².